The van der Waals surface area contributed by atoms with Crippen molar-refractivity contribution in [3.8, 4) is 0 Å². The van der Waals surface area contributed by atoms with Crippen molar-refractivity contribution in [2.24, 2.45) is 0 Å². The third-order valence-electron chi connectivity index (χ3n) is 6.39. The zero-order chi connectivity index (χ0) is 27.1. The van der Waals surface area contributed by atoms with Crippen molar-refractivity contribution in [3.05, 3.63) is 101 Å². The molecule has 3 aromatic carbocycles. The molecule has 1 aliphatic heterocycles. The summed E-state index contributed by atoms with van der Waals surface area (Å²) in [6, 6.07) is 16.9. The third-order valence-corrected chi connectivity index (χ3v) is 6.39. The van der Waals surface area contributed by atoms with E-state index in [0.717, 1.165) is 23.7 Å². The summed E-state index contributed by atoms with van der Waals surface area (Å²) in [5, 5.41) is 20.0. The lowest BCUT2D eigenvalue weighted by Crippen LogP contribution is -2.50. The number of anilines is 1. The Hall–Kier alpha value is -3.37. The molecule has 0 saturated heterocycles. The Kier molecular flexibility index (Phi) is 9.41. The number of benzene rings is 3. The molecule has 0 spiro atoms. The molecule has 9 heteroatoms. The average molecular weight is 525 g/mol. The van der Waals surface area contributed by atoms with Crippen LogP contribution in [0.5, 0.6) is 0 Å². The van der Waals surface area contributed by atoms with E-state index in [4.69, 9.17) is 4.74 Å². The summed E-state index contributed by atoms with van der Waals surface area (Å²) < 4.78 is 33.4. The van der Waals surface area contributed by atoms with Gasteiger partial charge in [-0.1, -0.05) is 36.4 Å². The monoisotopic (exact) mass is 524 g/mol. The Bertz CT molecular complexity index is 1210. The lowest BCUT2D eigenvalue weighted by atomic mass is 9.95. The van der Waals surface area contributed by atoms with Crippen molar-refractivity contribution >= 4 is 11.7 Å². The molecule has 0 aliphatic carbocycles. The number of carbonyl (C=O) groups excluding carboxylic acids is 1. The molecule has 7 nitrogen and oxygen atoms in total. The van der Waals surface area contributed by atoms with Crippen LogP contribution in [0.1, 0.15) is 28.3 Å². The number of hydrogen-bond donors (Lipinski definition) is 4. The number of nitrogens with zero attached hydrogens (tertiary/aromatic N) is 1. The highest BCUT2D eigenvalue weighted by atomic mass is 19.1. The summed E-state index contributed by atoms with van der Waals surface area (Å²) in [6.07, 6.45) is -1.03. The lowest BCUT2D eigenvalue weighted by Gasteiger charge is -2.30. The van der Waals surface area contributed by atoms with Gasteiger partial charge in [-0.2, -0.15) is 0 Å². The smallest absolute Gasteiger partial charge is 0.319 e. The third kappa shape index (κ3) is 7.82. The number of hydrogen-bond acceptors (Lipinski definition) is 5. The zero-order valence-corrected chi connectivity index (χ0v) is 21.6. The van der Waals surface area contributed by atoms with Gasteiger partial charge in [0.05, 0.1) is 31.4 Å². The molecule has 0 fully saturated rings. The summed E-state index contributed by atoms with van der Waals surface area (Å²) in [5.74, 6) is -1.44. The van der Waals surface area contributed by atoms with E-state index in [-0.39, 0.29) is 19.0 Å². The Morgan fingerprint density at radius 2 is 1.79 bits per heavy atom. The normalized spacial score (nSPS) is 16.5. The fourth-order valence-corrected chi connectivity index (χ4v) is 4.64. The van der Waals surface area contributed by atoms with Crippen LogP contribution in [0.15, 0.2) is 66.7 Å². The van der Waals surface area contributed by atoms with Crippen LogP contribution < -0.4 is 16.0 Å². The molecule has 0 bridgehead atoms. The van der Waals surface area contributed by atoms with Crippen LogP contribution in [0.2, 0.25) is 0 Å². The van der Waals surface area contributed by atoms with Gasteiger partial charge in [-0.15, -0.1) is 0 Å². The second-order valence-electron chi connectivity index (χ2n) is 9.87. The van der Waals surface area contributed by atoms with Crippen molar-refractivity contribution in [2.45, 2.75) is 37.8 Å². The molecule has 0 radical (unpaired) electrons. The molecule has 4 N–H and O–H groups in total. The van der Waals surface area contributed by atoms with Gasteiger partial charge in [0.2, 0.25) is 0 Å². The van der Waals surface area contributed by atoms with Gasteiger partial charge in [0.1, 0.15) is 11.6 Å². The van der Waals surface area contributed by atoms with E-state index >= 15 is 0 Å². The molecule has 0 saturated carbocycles. The number of nitrogens with one attached hydrogen (secondary N) is 3. The Morgan fingerprint density at radius 3 is 2.50 bits per heavy atom. The topological polar surface area (TPSA) is 85.9 Å². The molecular weight excluding hydrogens is 490 g/mol. The molecule has 3 atom stereocenters. The van der Waals surface area contributed by atoms with Gasteiger partial charge < -0.3 is 30.7 Å². The SMILES string of the molecule is CN(C)Cc1ccc2c(c1)C(NC[C@@H](O)[C@H](Cc1cc(F)cc(F)c1)NC(=O)Nc1ccccc1)COC2. The van der Waals surface area contributed by atoms with E-state index in [1.165, 1.54) is 17.7 Å². The van der Waals surface area contributed by atoms with E-state index in [2.05, 4.69) is 39.0 Å². The second kappa shape index (κ2) is 12.9. The first kappa shape index (κ1) is 27.7. The summed E-state index contributed by atoms with van der Waals surface area (Å²) in [4.78, 5) is 14.8. The highest BCUT2D eigenvalue weighted by Gasteiger charge is 2.26. The molecule has 202 valence electrons. The molecule has 2 amide bonds. The minimum atomic E-state index is -1.06. The molecular formula is C29H34F2N4O3. The second-order valence-corrected chi connectivity index (χ2v) is 9.87. The molecule has 4 rings (SSSR count). The minimum absolute atomic E-state index is 0.0322. The largest absolute Gasteiger partial charge is 0.390 e. The van der Waals surface area contributed by atoms with Crippen LogP contribution in [0.4, 0.5) is 19.3 Å². The van der Waals surface area contributed by atoms with Crippen molar-refractivity contribution in [1.82, 2.24) is 15.5 Å². The number of para-hydroxylation sites is 1. The predicted octanol–water partition coefficient (Wildman–Crippen LogP) is 3.98. The highest BCUT2D eigenvalue weighted by Crippen LogP contribution is 2.26. The number of fused-ring (bicyclic) bond motifs is 1. The highest BCUT2D eigenvalue weighted by molar-refractivity contribution is 5.89. The number of rotatable bonds is 10. The van der Waals surface area contributed by atoms with Crippen LogP contribution in [-0.4, -0.2) is 55.4 Å². The number of aliphatic hydroxyl groups excluding tert-OH is 1. The number of ether oxygens (including phenoxy) is 1. The molecule has 0 aromatic heterocycles. The number of carbonyl (C=O) groups is 1. The summed E-state index contributed by atoms with van der Waals surface area (Å²) >= 11 is 0. The zero-order valence-electron chi connectivity index (χ0n) is 21.6. The van der Waals surface area contributed by atoms with Gasteiger partial charge in [0, 0.05) is 24.8 Å². The van der Waals surface area contributed by atoms with Gasteiger partial charge in [-0.3, -0.25) is 0 Å². The quantitative estimate of drug-likeness (QED) is 0.323. The number of amides is 2. The maximum Gasteiger partial charge on any atom is 0.319 e. The van der Waals surface area contributed by atoms with Crippen molar-refractivity contribution in [2.75, 3.05) is 32.6 Å². The van der Waals surface area contributed by atoms with Gasteiger partial charge in [0.25, 0.3) is 0 Å². The molecule has 1 unspecified atom stereocenters. The van der Waals surface area contributed by atoms with Crippen molar-refractivity contribution in [1.29, 1.82) is 0 Å². The van der Waals surface area contributed by atoms with Crippen LogP contribution in [-0.2, 0) is 24.3 Å². The first-order valence-corrected chi connectivity index (χ1v) is 12.6. The molecule has 1 aliphatic rings. The average Bonchev–Trinajstić information content (AvgIpc) is 2.86. The van der Waals surface area contributed by atoms with Crippen molar-refractivity contribution < 1.29 is 23.4 Å². The van der Waals surface area contributed by atoms with E-state index in [0.29, 0.717) is 24.5 Å². The first-order valence-electron chi connectivity index (χ1n) is 12.6. The molecule has 38 heavy (non-hydrogen) atoms. The van der Waals surface area contributed by atoms with Crippen LogP contribution in [0.3, 0.4) is 0 Å². The van der Waals surface area contributed by atoms with Gasteiger partial charge in [-0.05, 0) is 67.0 Å². The van der Waals surface area contributed by atoms with E-state index in [1.807, 2.05) is 20.2 Å². The van der Waals surface area contributed by atoms with E-state index in [1.54, 1.807) is 24.3 Å². The van der Waals surface area contributed by atoms with Crippen LogP contribution in [0, 0.1) is 11.6 Å². The number of halogens is 2. The van der Waals surface area contributed by atoms with Crippen molar-refractivity contribution in [3.63, 3.8) is 0 Å². The maximum atomic E-state index is 13.8. The molecule has 1 heterocycles. The van der Waals surface area contributed by atoms with Gasteiger partial charge >= 0.3 is 6.03 Å². The Balaban J connectivity index is 1.47. The minimum Gasteiger partial charge on any atom is -0.390 e. The van der Waals surface area contributed by atoms with Crippen LogP contribution >= 0.6 is 0 Å². The Labute approximate surface area is 221 Å². The summed E-state index contributed by atoms with van der Waals surface area (Å²) in [5.41, 5.74) is 4.27. The standard InChI is InChI=1S/C29H34F2N4O3/c1-35(2)16-19-8-9-21-17-38-18-27(25(21)12-19)32-15-28(36)26(13-20-10-22(30)14-23(31)11-20)34-29(37)33-24-6-4-3-5-7-24/h3-12,14,26-28,32,36H,13,15-18H2,1-2H3,(H2,33,34,37)/t26-,27?,28+/m0/s1. The molecule has 3 aromatic rings. The predicted molar refractivity (Wildman–Crippen MR) is 143 cm³/mol. The fourth-order valence-electron chi connectivity index (χ4n) is 4.64. The number of aliphatic hydroxyl groups is 1. The first-order chi connectivity index (χ1) is 18.3. The Morgan fingerprint density at radius 1 is 1.05 bits per heavy atom. The summed E-state index contributed by atoms with van der Waals surface area (Å²) in [6.45, 7) is 1.88. The number of urea groups is 1. The fraction of sp³-hybridized carbons (Fsp3) is 0.345. The maximum absolute atomic E-state index is 13.8. The van der Waals surface area contributed by atoms with E-state index < -0.39 is 29.8 Å². The summed E-state index contributed by atoms with van der Waals surface area (Å²) in [7, 11) is 4.03. The van der Waals surface area contributed by atoms with Gasteiger partial charge in [0.15, 0.2) is 0 Å². The van der Waals surface area contributed by atoms with E-state index in [9.17, 15) is 18.7 Å². The lowest BCUT2D eigenvalue weighted by molar-refractivity contribution is 0.0708. The van der Waals surface area contributed by atoms with Gasteiger partial charge in [-0.25, -0.2) is 13.6 Å². The van der Waals surface area contributed by atoms with Crippen LogP contribution in [0.25, 0.3) is 0 Å².